The second-order valence-electron chi connectivity index (χ2n) is 15.4. The molecule has 0 saturated carbocycles. The summed E-state index contributed by atoms with van der Waals surface area (Å²) in [4.78, 5) is 27.0. The molecular formula is C42H84N2O4. The third kappa shape index (κ3) is 29.7. The molecule has 0 aliphatic carbocycles. The average Bonchev–Trinajstić information content (AvgIpc) is 3.06. The Morgan fingerprint density at radius 1 is 0.604 bits per heavy atom. The smallest absolute Gasteiger partial charge is 0.308 e. The van der Waals surface area contributed by atoms with Gasteiger partial charge in [0.2, 0.25) is 0 Å². The number of carboxylic acids is 1. The highest BCUT2D eigenvalue weighted by Crippen LogP contribution is 2.29. The summed E-state index contributed by atoms with van der Waals surface area (Å²) >= 11 is 0. The van der Waals surface area contributed by atoms with Crippen LogP contribution in [0.3, 0.4) is 0 Å². The van der Waals surface area contributed by atoms with Crippen LogP contribution in [0.25, 0.3) is 0 Å². The highest BCUT2D eigenvalue weighted by molar-refractivity contribution is 5.72. The Morgan fingerprint density at radius 3 is 1.69 bits per heavy atom. The fourth-order valence-corrected chi connectivity index (χ4v) is 7.12. The van der Waals surface area contributed by atoms with Crippen molar-refractivity contribution in [2.45, 2.75) is 207 Å². The van der Waals surface area contributed by atoms with E-state index in [4.69, 9.17) is 9.84 Å². The van der Waals surface area contributed by atoms with E-state index in [1.807, 2.05) is 0 Å². The molecule has 0 radical (unpaired) electrons. The zero-order valence-electron chi connectivity index (χ0n) is 33.1. The van der Waals surface area contributed by atoms with Gasteiger partial charge < -0.3 is 20.1 Å². The van der Waals surface area contributed by atoms with Crippen molar-refractivity contribution in [3.05, 3.63) is 0 Å². The quantitative estimate of drug-likeness (QED) is 0.0502. The zero-order chi connectivity index (χ0) is 35.7. The summed E-state index contributed by atoms with van der Waals surface area (Å²) in [5.41, 5.74) is 0. The number of hydrogen-bond acceptors (Lipinski definition) is 5. The standard InChI is InChI=1S/C42H84N2O4/c1-7-11-15-18-27-37(25-13-9-3)35-39(42(47)48-36-38(26-14-10-4)28-19-16-12-8-2)29-22-23-31-40(43-33-24-34-44(5)6)30-20-17-21-32-41(45)46/h37-40,43H,7-36H2,1-6H3,(H,45,46). The van der Waals surface area contributed by atoms with Crippen molar-refractivity contribution >= 4 is 11.9 Å². The van der Waals surface area contributed by atoms with Gasteiger partial charge in [-0.3, -0.25) is 9.59 Å². The Bertz CT molecular complexity index is 716. The third-order valence-electron chi connectivity index (χ3n) is 10.3. The molecular weight excluding hydrogens is 596 g/mol. The van der Waals surface area contributed by atoms with Crippen molar-refractivity contribution in [1.29, 1.82) is 0 Å². The van der Waals surface area contributed by atoms with Crippen molar-refractivity contribution in [3.8, 4) is 0 Å². The predicted molar refractivity (Wildman–Crippen MR) is 207 cm³/mol. The van der Waals surface area contributed by atoms with Crippen LogP contribution in [0.5, 0.6) is 0 Å². The Balaban J connectivity index is 5.36. The van der Waals surface area contributed by atoms with Crippen LogP contribution in [0.15, 0.2) is 0 Å². The number of unbranched alkanes of at least 4 members (excludes halogenated alkanes) is 11. The molecule has 4 atom stereocenters. The SMILES string of the molecule is CCCCCCC(CCCC)COC(=O)C(CCCCC(CCCCCC(=O)O)NCCCN(C)C)CC(CCCC)CCCCCC. The topological polar surface area (TPSA) is 78.9 Å². The van der Waals surface area contributed by atoms with Crippen LogP contribution in [0.1, 0.15) is 201 Å². The van der Waals surface area contributed by atoms with E-state index < -0.39 is 5.97 Å². The molecule has 48 heavy (non-hydrogen) atoms. The minimum Gasteiger partial charge on any atom is -0.481 e. The first-order valence-corrected chi connectivity index (χ1v) is 21.0. The van der Waals surface area contributed by atoms with E-state index in [1.54, 1.807) is 0 Å². The van der Waals surface area contributed by atoms with Gasteiger partial charge in [0.15, 0.2) is 0 Å². The van der Waals surface area contributed by atoms with E-state index in [9.17, 15) is 9.59 Å². The average molecular weight is 681 g/mol. The monoisotopic (exact) mass is 681 g/mol. The normalized spacial score (nSPS) is 14.2. The lowest BCUT2D eigenvalue weighted by atomic mass is 9.84. The van der Waals surface area contributed by atoms with Crippen LogP contribution in [-0.2, 0) is 14.3 Å². The summed E-state index contributed by atoms with van der Waals surface area (Å²) in [6.45, 7) is 11.8. The molecule has 6 heteroatoms. The first-order chi connectivity index (χ1) is 23.3. The van der Waals surface area contributed by atoms with Gasteiger partial charge in [0.05, 0.1) is 12.5 Å². The van der Waals surface area contributed by atoms with Crippen molar-refractivity contribution in [3.63, 3.8) is 0 Å². The third-order valence-corrected chi connectivity index (χ3v) is 10.3. The summed E-state index contributed by atoms with van der Waals surface area (Å²) in [7, 11) is 4.25. The van der Waals surface area contributed by atoms with Gasteiger partial charge in [-0.25, -0.2) is 0 Å². The van der Waals surface area contributed by atoms with Gasteiger partial charge in [-0.1, -0.05) is 143 Å². The molecule has 4 unspecified atom stereocenters. The number of aliphatic carboxylic acids is 1. The molecule has 0 aliphatic rings. The molecule has 0 fully saturated rings. The Morgan fingerprint density at radius 2 is 1.10 bits per heavy atom. The summed E-state index contributed by atoms with van der Waals surface area (Å²) in [5, 5.41) is 12.8. The second-order valence-corrected chi connectivity index (χ2v) is 15.4. The summed E-state index contributed by atoms with van der Waals surface area (Å²) < 4.78 is 6.23. The highest BCUT2D eigenvalue weighted by atomic mass is 16.5. The number of carbonyl (C=O) groups excluding carboxylic acids is 1. The maximum atomic E-state index is 13.8. The molecule has 0 bridgehead atoms. The van der Waals surface area contributed by atoms with Crippen LogP contribution in [-0.4, -0.2) is 61.8 Å². The number of carbonyl (C=O) groups is 2. The number of esters is 1. The Labute approximate surface area is 299 Å². The lowest BCUT2D eigenvalue weighted by Gasteiger charge is -2.25. The summed E-state index contributed by atoms with van der Waals surface area (Å²) in [6, 6.07) is 0.463. The lowest BCUT2D eigenvalue weighted by Crippen LogP contribution is -2.31. The maximum Gasteiger partial charge on any atom is 0.308 e. The van der Waals surface area contributed by atoms with Gasteiger partial charge in [-0.15, -0.1) is 0 Å². The van der Waals surface area contributed by atoms with Gasteiger partial charge >= 0.3 is 11.9 Å². The van der Waals surface area contributed by atoms with Gasteiger partial charge in [-0.05, 0) is 90.4 Å². The fourth-order valence-electron chi connectivity index (χ4n) is 7.12. The molecule has 0 spiro atoms. The van der Waals surface area contributed by atoms with E-state index in [0.29, 0.717) is 24.5 Å². The van der Waals surface area contributed by atoms with E-state index in [0.717, 1.165) is 77.3 Å². The van der Waals surface area contributed by atoms with Gasteiger partial charge in [0.25, 0.3) is 0 Å². The van der Waals surface area contributed by atoms with Gasteiger partial charge in [-0.2, -0.15) is 0 Å². The summed E-state index contributed by atoms with van der Waals surface area (Å²) in [5.74, 6) is 0.541. The molecule has 0 aliphatic heterocycles. The van der Waals surface area contributed by atoms with Crippen LogP contribution >= 0.6 is 0 Å². The number of rotatable bonds is 37. The molecule has 0 amide bonds. The molecule has 0 aromatic heterocycles. The lowest BCUT2D eigenvalue weighted by molar-refractivity contribution is -0.151. The molecule has 0 aromatic rings. The summed E-state index contributed by atoms with van der Waals surface area (Å²) in [6.07, 6.45) is 30.6. The number of hydrogen-bond donors (Lipinski definition) is 2. The molecule has 0 saturated heterocycles. The van der Waals surface area contributed by atoms with Crippen LogP contribution in [0.4, 0.5) is 0 Å². The van der Waals surface area contributed by atoms with Crippen molar-refractivity contribution in [1.82, 2.24) is 10.2 Å². The molecule has 0 heterocycles. The second kappa shape index (κ2) is 34.3. The molecule has 286 valence electrons. The van der Waals surface area contributed by atoms with Crippen LogP contribution in [0, 0.1) is 17.8 Å². The molecule has 6 nitrogen and oxygen atoms in total. The number of nitrogens with one attached hydrogen (secondary N) is 1. The largest absolute Gasteiger partial charge is 0.481 e. The number of nitrogens with zero attached hydrogens (tertiary/aromatic N) is 1. The molecule has 0 aromatic carbocycles. The van der Waals surface area contributed by atoms with Crippen LogP contribution < -0.4 is 5.32 Å². The van der Waals surface area contributed by atoms with Gasteiger partial charge in [0, 0.05) is 12.5 Å². The predicted octanol–water partition coefficient (Wildman–Crippen LogP) is 11.6. The minimum atomic E-state index is -0.692. The Kier molecular flexibility index (Phi) is 33.5. The maximum absolute atomic E-state index is 13.8. The first-order valence-electron chi connectivity index (χ1n) is 21.0. The minimum absolute atomic E-state index is 0.0208. The van der Waals surface area contributed by atoms with E-state index in [2.05, 4.69) is 52.0 Å². The molecule has 2 N–H and O–H groups in total. The van der Waals surface area contributed by atoms with Gasteiger partial charge in [0.1, 0.15) is 0 Å². The molecule has 0 rings (SSSR count). The van der Waals surface area contributed by atoms with E-state index >= 15 is 0 Å². The zero-order valence-corrected chi connectivity index (χ0v) is 33.1. The van der Waals surface area contributed by atoms with E-state index in [-0.39, 0.29) is 18.3 Å². The van der Waals surface area contributed by atoms with Crippen molar-refractivity contribution in [2.75, 3.05) is 33.8 Å². The fraction of sp³-hybridized carbons (Fsp3) is 0.952. The first kappa shape index (κ1) is 46.9. The van der Waals surface area contributed by atoms with E-state index in [1.165, 1.54) is 103 Å². The van der Waals surface area contributed by atoms with Crippen molar-refractivity contribution < 1.29 is 19.4 Å². The van der Waals surface area contributed by atoms with Crippen LogP contribution in [0.2, 0.25) is 0 Å². The number of ether oxygens (including phenoxy) is 1. The Hall–Kier alpha value is -1.14. The van der Waals surface area contributed by atoms with Crippen molar-refractivity contribution in [2.24, 2.45) is 17.8 Å². The highest BCUT2D eigenvalue weighted by Gasteiger charge is 2.25. The number of carboxylic acid groups (broad SMARTS) is 1.